The second-order valence-electron chi connectivity index (χ2n) is 3.39. The van der Waals surface area contributed by atoms with Crippen molar-refractivity contribution in [3.05, 3.63) is 35.9 Å². The van der Waals surface area contributed by atoms with Crippen molar-refractivity contribution in [1.29, 1.82) is 0 Å². The number of carbonyl (C=O) groups excluding carboxylic acids is 1. The van der Waals surface area contributed by atoms with Crippen LogP contribution in [0.25, 0.3) is 0 Å². The maximum absolute atomic E-state index is 10.9. The average molecular weight is 192 g/mol. The highest BCUT2D eigenvalue weighted by Gasteiger charge is 2.58. The Hall–Kier alpha value is -1.35. The van der Waals surface area contributed by atoms with E-state index in [0.717, 1.165) is 5.56 Å². The van der Waals surface area contributed by atoms with Crippen molar-refractivity contribution in [2.45, 2.75) is 25.7 Å². The van der Waals surface area contributed by atoms with E-state index in [9.17, 15) is 4.79 Å². The maximum atomic E-state index is 10.9. The second kappa shape index (κ2) is 3.10. The predicted octanol–water partition coefficient (Wildman–Crippen LogP) is 1.82. The first kappa shape index (κ1) is 9.21. The predicted molar refractivity (Wildman–Crippen MR) is 50.4 cm³/mol. The molecule has 1 fully saturated rings. The molecule has 0 aromatic heterocycles. The van der Waals surface area contributed by atoms with Crippen LogP contribution in [-0.4, -0.2) is 12.1 Å². The van der Waals surface area contributed by atoms with Gasteiger partial charge in [0.1, 0.15) is 6.10 Å². The zero-order chi connectivity index (χ0) is 10.2. The van der Waals surface area contributed by atoms with Gasteiger partial charge in [-0.05, 0) is 6.92 Å². The number of hydrogen-bond donors (Lipinski definition) is 0. The minimum atomic E-state index is -0.826. The molecular weight excluding hydrogens is 180 g/mol. The van der Waals surface area contributed by atoms with Gasteiger partial charge in [-0.1, -0.05) is 30.3 Å². The minimum absolute atomic E-state index is 0.0613. The van der Waals surface area contributed by atoms with Gasteiger partial charge in [0, 0.05) is 12.5 Å². The van der Waals surface area contributed by atoms with Gasteiger partial charge < -0.3 is 9.47 Å². The van der Waals surface area contributed by atoms with Gasteiger partial charge in [0.25, 0.3) is 5.79 Å². The lowest BCUT2D eigenvalue weighted by atomic mass is 10.1. The topological polar surface area (TPSA) is 38.8 Å². The Balaban J connectivity index is 2.27. The summed E-state index contributed by atoms with van der Waals surface area (Å²) in [6.07, 6.45) is -0.0613. The van der Waals surface area contributed by atoms with Gasteiger partial charge in [-0.3, -0.25) is 4.79 Å². The van der Waals surface area contributed by atoms with E-state index in [2.05, 4.69) is 0 Å². The van der Waals surface area contributed by atoms with Gasteiger partial charge in [-0.25, -0.2) is 0 Å². The summed E-state index contributed by atoms with van der Waals surface area (Å²) in [6.45, 7) is 3.27. The average Bonchev–Trinajstić information content (AvgIpc) is 2.78. The first-order valence-electron chi connectivity index (χ1n) is 4.58. The van der Waals surface area contributed by atoms with Crippen molar-refractivity contribution in [1.82, 2.24) is 0 Å². The van der Waals surface area contributed by atoms with E-state index in [4.69, 9.17) is 9.47 Å². The molecule has 3 heteroatoms. The molecule has 1 saturated heterocycles. The molecule has 3 nitrogen and oxygen atoms in total. The lowest BCUT2D eigenvalue weighted by Gasteiger charge is -2.12. The second-order valence-corrected chi connectivity index (χ2v) is 3.39. The molecule has 0 unspecified atom stereocenters. The minimum Gasteiger partial charge on any atom is -0.426 e. The summed E-state index contributed by atoms with van der Waals surface area (Å²) < 4.78 is 10.5. The van der Waals surface area contributed by atoms with Crippen LogP contribution in [0.3, 0.4) is 0 Å². The van der Waals surface area contributed by atoms with E-state index < -0.39 is 5.79 Å². The molecule has 0 radical (unpaired) electrons. The van der Waals surface area contributed by atoms with Gasteiger partial charge in [0.05, 0.1) is 0 Å². The SMILES string of the molecule is CC(=O)O[C@]1(c2ccccc2)O[C@H]1C. The van der Waals surface area contributed by atoms with Gasteiger partial charge in [-0.2, -0.15) is 0 Å². The summed E-state index contributed by atoms with van der Waals surface area (Å²) in [6, 6.07) is 9.50. The summed E-state index contributed by atoms with van der Waals surface area (Å²) in [7, 11) is 0. The highest BCUT2D eigenvalue weighted by molar-refractivity contribution is 5.67. The summed E-state index contributed by atoms with van der Waals surface area (Å²) >= 11 is 0. The van der Waals surface area contributed by atoms with E-state index in [1.807, 2.05) is 37.3 Å². The molecule has 1 aromatic rings. The summed E-state index contributed by atoms with van der Waals surface area (Å²) in [5.74, 6) is -1.15. The number of rotatable bonds is 2. The summed E-state index contributed by atoms with van der Waals surface area (Å²) in [5.41, 5.74) is 0.891. The third-order valence-corrected chi connectivity index (χ3v) is 2.30. The van der Waals surface area contributed by atoms with E-state index in [-0.39, 0.29) is 12.1 Å². The Morgan fingerprint density at radius 1 is 1.43 bits per heavy atom. The zero-order valence-corrected chi connectivity index (χ0v) is 8.19. The van der Waals surface area contributed by atoms with Gasteiger partial charge in [0.15, 0.2) is 0 Å². The molecule has 0 bridgehead atoms. The third kappa shape index (κ3) is 1.40. The number of carbonyl (C=O) groups is 1. The lowest BCUT2D eigenvalue weighted by molar-refractivity contribution is -0.157. The number of hydrogen-bond acceptors (Lipinski definition) is 3. The fraction of sp³-hybridized carbons (Fsp3) is 0.364. The number of ether oxygens (including phenoxy) is 2. The smallest absolute Gasteiger partial charge is 0.305 e. The third-order valence-electron chi connectivity index (χ3n) is 2.30. The molecule has 14 heavy (non-hydrogen) atoms. The fourth-order valence-corrected chi connectivity index (χ4v) is 1.58. The number of benzene rings is 1. The molecule has 2 rings (SSSR count). The van der Waals surface area contributed by atoms with Crippen LogP contribution in [0.1, 0.15) is 19.4 Å². The van der Waals surface area contributed by atoms with Crippen molar-refractivity contribution < 1.29 is 14.3 Å². The lowest BCUT2D eigenvalue weighted by Crippen LogP contribution is -2.19. The van der Waals surface area contributed by atoms with Crippen LogP contribution in [0, 0.1) is 0 Å². The molecule has 0 N–H and O–H groups in total. The number of esters is 1. The Bertz CT molecular complexity index is 347. The maximum Gasteiger partial charge on any atom is 0.305 e. The van der Waals surface area contributed by atoms with E-state index >= 15 is 0 Å². The molecule has 1 heterocycles. The highest BCUT2D eigenvalue weighted by Crippen LogP contribution is 2.46. The molecule has 1 aliphatic rings. The monoisotopic (exact) mass is 192 g/mol. The van der Waals surface area contributed by atoms with Crippen LogP contribution in [0.2, 0.25) is 0 Å². The van der Waals surface area contributed by atoms with Crippen LogP contribution >= 0.6 is 0 Å². The van der Waals surface area contributed by atoms with Crippen molar-refractivity contribution in [2.75, 3.05) is 0 Å². The molecule has 0 aliphatic carbocycles. The Labute approximate surface area is 82.6 Å². The summed E-state index contributed by atoms with van der Waals surface area (Å²) in [5, 5.41) is 0. The summed E-state index contributed by atoms with van der Waals surface area (Å²) in [4.78, 5) is 10.9. The molecule has 1 aromatic carbocycles. The van der Waals surface area contributed by atoms with E-state index in [1.54, 1.807) is 0 Å². The first-order valence-corrected chi connectivity index (χ1v) is 4.58. The van der Waals surface area contributed by atoms with Gasteiger partial charge in [-0.15, -0.1) is 0 Å². The Kier molecular flexibility index (Phi) is 2.04. The Morgan fingerprint density at radius 2 is 2.00 bits per heavy atom. The first-order chi connectivity index (χ1) is 6.65. The highest BCUT2D eigenvalue weighted by atomic mass is 16.8. The van der Waals surface area contributed by atoms with Crippen molar-refractivity contribution in [3.8, 4) is 0 Å². The quantitative estimate of drug-likeness (QED) is 0.530. The Morgan fingerprint density at radius 3 is 2.43 bits per heavy atom. The van der Waals surface area contributed by atoms with Crippen LogP contribution in [0.15, 0.2) is 30.3 Å². The van der Waals surface area contributed by atoms with Crippen molar-refractivity contribution >= 4 is 5.97 Å². The van der Waals surface area contributed by atoms with Crippen molar-refractivity contribution in [3.63, 3.8) is 0 Å². The number of epoxide rings is 1. The largest absolute Gasteiger partial charge is 0.426 e. The van der Waals surface area contributed by atoms with Gasteiger partial charge >= 0.3 is 5.97 Å². The van der Waals surface area contributed by atoms with E-state index in [1.165, 1.54) is 6.92 Å². The molecule has 1 aliphatic heterocycles. The molecular formula is C11H12O3. The molecule has 2 atom stereocenters. The molecule has 0 amide bonds. The van der Waals surface area contributed by atoms with Crippen LogP contribution in [-0.2, 0) is 20.1 Å². The van der Waals surface area contributed by atoms with Crippen LogP contribution in [0.4, 0.5) is 0 Å². The molecule has 74 valence electrons. The molecule has 0 spiro atoms. The van der Waals surface area contributed by atoms with Crippen LogP contribution in [0.5, 0.6) is 0 Å². The standard InChI is InChI=1S/C11H12O3/c1-8-11(13-8,14-9(2)12)10-6-4-3-5-7-10/h3-8H,1-2H3/t8-,11+/m0/s1. The van der Waals surface area contributed by atoms with Crippen LogP contribution < -0.4 is 0 Å². The molecule has 0 saturated carbocycles. The van der Waals surface area contributed by atoms with E-state index in [0.29, 0.717) is 0 Å². The van der Waals surface area contributed by atoms with Crippen molar-refractivity contribution in [2.24, 2.45) is 0 Å². The zero-order valence-electron chi connectivity index (χ0n) is 8.19. The fourth-order valence-electron chi connectivity index (χ4n) is 1.58. The van der Waals surface area contributed by atoms with Gasteiger partial charge in [0.2, 0.25) is 0 Å². The normalized spacial score (nSPS) is 29.7.